The first-order valence-electron chi connectivity index (χ1n) is 4.58. The maximum absolute atomic E-state index is 9.44. The second-order valence-corrected chi connectivity index (χ2v) is 3.85. The number of hydrogen-bond donors (Lipinski definition) is 2. The van der Waals surface area contributed by atoms with E-state index in [-0.39, 0.29) is 24.9 Å². The zero-order valence-corrected chi connectivity index (χ0v) is 7.73. The summed E-state index contributed by atoms with van der Waals surface area (Å²) in [6, 6.07) is 0. The fraction of sp³-hybridized carbons (Fsp3) is 1.00. The van der Waals surface area contributed by atoms with Crippen LogP contribution in [-0.4, -0.2) is 35.1 Å². The summed E-state index contributed by atoms with van der Waals surface area (Å²) in [4.78, 5) is 0. The lowest BCUT2D eigenvalue weighted by atomic mass is 9.94. The van der Waals surface area contributed by atoms with Crippen molar-refractivity contribution in [3.8, 4) is 0 Å². The summed E-state index contributed by atoms with van der Waals surface area (Å²) < 4.78 is 5.56. The molecule has 2 unspecified atom stereocenters. The van der Waals surface area contributed by atoms with Crippen molar-refractivity contribution in [2.45, 2.75) is 45.0 Å². The van der Waals surface area contributed by atoms with Gasteiger partial charge in [0.25, 0.3) is 0 Å². The smallest absolute Gasteiger partial charge is 0.0834 e. The van der Waals surface area contributed by atoms with Gasteiger partial charge in [0.05, 0.1) is 24.9 Å². The van der Waals surface area contributed by atoms with Gasteiger partial charge in [-0.05, 0) is 12.3 Å². The van der Waals surface area contributed by atoms with Crippen LogP contribution in [-0.2, 0) is 4.74 Å². The molecular formula is C9H18O3. The van der Waals surface area contributed by atoms with Gasteiger partial charge in [-0.25, -0.2) is 0 Å². The van der Waals surface area contributed by atoms with Crippen molar-refractivity contribution in [2.75, 3.05) is 6.61 Å². The van der Waals surface area contributed by atoms with Crippen LogP contribution in [0.25, 0.3) is 0 Å². The van der Waals surface area contributed by atoms with Crippen molar-refractivity contribution >= 4 is 0 Å². The van der Waals surface area contributed by atoms with Crippen LogP contribution in [0.3, 0.4) is 0 Å². The van der Waals surface area contributed by atoms with Crippen LogP contribution in [0.1, 0.15) is 26.7 Å². The molecule has 0 aromatic rings. The number of ether oxygens (including phenoxy) is 1. The average molecular weight is 174 g/mol. The van der Waals surface area contributed by atoms with Crippen LogP contribution in [0.4, 0.5) is 0 Å². The quantitative estimate of drug-likeness (QED) is 0.642. The number of aliphatic hydroxyl groups is 2. The van der Waals surface area contributed by atoms with Crippen LogP contribution >= 0.6 is 0 Å². The standard InChI is InChI=1S/C9H18O3/c1-6(2)9-4-7(11)3-8(5-10)12-9/h6-11H,3-5H2,1-2H3/t7?,8-,9?/m0/s1. The van der Waals surface area contributed by atoms with E-state index in [1.54, 1.807) is 0 Å². The molecule has 72 valence electrons. The van der Waals surface area contributed by atoms with E-state index in [9.17, 15) is 5.11 Å². The number of rotatable bonds is 2. The van der Waals surface area contributed by atoms with E-state index in [0.29, 0.717) is 18.8 Å². The summed E-state index contributed by atoms with van der Waals surface area (Å²) >= 11 is 0. The lowest BCUT2D eigenvalue weighted by Crippen LogP contribution is -2.39. The Morgan fingerprint density at radius 3 is 2.58 bits per heavy atom. The molecular weight excluding hydrogens is 156 g/mol. The predicted molar refractivity (Wildman–Crippen MR) is 45.8 cm³/mol. The maximum Gasteiger partial charge on any atom is 0.0834 e. The molecule has 1 fully saturated rings. The van der Waals surface area contributed by atoms with E-state index in [1.165, 1.54) is 0 Å². The Morgan fingerprint density at radius 1 is 1.42 bits per heavy atom. The Kier molecular flexibility index (Phi) is 3.50. The first-order valence-corrected chi connectivity index (χ1v) is 4.58. The Balaban J connectivity index is 2.45. The maximum atomic E-state index is 9.44. The molecule has 0 saturated carbocycles. The Bertz CT molecular complexity index is 136. The third-order valence-corrected chi connectivity index (χ3v) is 2.35. The SMILES string of the molecule is CC(C)C1CC(O)C[C@@H](CO)O1. The average Bonchev–Trinajstić information content (AvgIpc) is 2.03. The highest BCUT2D eigenvalue weighted by molar-refractivity contribution is 4.78. The largest absolute Gasteiger partial charge is 0.394 e. The fourth-order valence-corrected chi connectivity index (χ4v) is 1.57. The van der Waals surface area contributed by atoms with Crippen molar-refractivity contribution in [1.82, 2.24) is 0 Å². The van der Waals surface area contributed by atoms with Gasteiger partial charge in [-0.1, -0.05) is 13.8 Å². The van der Waals surface area contributed by atoms with E-state index in [4.69, 9.17) is 9.84 Å². The molecule has 1 saturated heterocycles. The molecule has 1 heterocycles. The first-order chi connectivity index (χ1) is 5.63. The Labute approximate surface area is 73.4 Å². The summed E-state index contributed by atoms with van der Waals surface area (Å²) in [5.41, 5.74) is 0. The van der Waals surface area contributed by atoms with E-state index in [2.05, 4.69) is 13.8 Å². The van der Waals surface area contributed by atoms with Gasteiger partial charge in [-0.3, -0.25) is 0 Å². The highest BCUT2D eigenvalue weighted by Crippen LogP contribution is 2.24. The van der Waals surface area contributed by atoms with Gasteiger partial charge in [0.1, 0.15) is 0 Å². The molecule has 3 heteroatoms. The minimum Gasteiger partial charge on any atom is -0.394 e. The highest BCUT2D eigenvalue weighted by atomic mass is 16.5. The van der Waals surface area contributed by atoms with Gasteiger partial charge >= 0.3 is 0 Å². The first kappa shape index (κ1) is 9.96. The third kappa shape index (κ3) is 2.44. The summed E-state index contributed by atoms with van der Waals surface area (Å²) in [5, 5.41) is 18.3. The van der Waals surface area contributed by atoms with E-state index >= 15 is 0 Å². The molecule has 3 nitrogen and oxygen atoms in total. The third-order valence-electron chi connectivity index (χ3n) is 2.35. The molecule has 0 aliphatic carbocycles. The molecule has 1 rings (SSSR count). The van der Waals surface area contributed by atoms with Gasteiger partial charge in [0.2, 0.25) is 0 Å². The van der Waals surface area contributed by atoms with Crippen molar-refractivity contribution in [2.24, 2.45) is 5.92 Å². The van der Waals surface area contributed by atoms with Gasteiger partial charge in [0, 0.05) is 6.42 Å². The molecule has 3 atom stereocenters. The molecule has 0 radical (unpaired) electrons. The second kappa shape index (κ2) is 4.21. The van der Waals surface area contributed by atoms with Crippen molar-refractivity contribution in [3.05, 3.63) is 0 Å². The lowest BCUT2D eigenvalue weighted by molar-refractivity contribution is -0.126. The molecule has 0 aromatic heterocycles. The minimum atomic E-state index is -0.303. The van der Waals surface area contributed by atoms with E-state index in [0.717, 1.165) is 0 Å². The molecule has 1 aliphatic heterocycles. The minimum absolute atomic E-state index is 0.0142. The van der Waals surface area contributed by atoms with Crippen LogP contribution < -0.4 is 0 Å². The van der Waals surface area contributed by atoms with E-state index in [1.807, 2.05) is 0 Å². The molecule has 0 bridgehead atoms. The summed E-state index contributed by atoms with van der Waals surface area (Å²) in [6.45, 7) is 4.15. The molecule has 12 heavy (non-hydrogen) atoms. The number of hydrogen-bond acceptors (Lipinski definition) is 3. The van der Waals surface area contributed by atoms with Crippen LogP contribution in [0.2, 0.25) is 0 Å². The van der Waals surface area contributed by atoms with E-state index < -0.39 is 0 Å². The molecule has 1 aliphatic rings. The summed E-state index contributed by atoms with van der Waals surface area (Å²) in [5.74, 6) is 0.411. The Morgan fingerprint density at radius 2 is 2.08 bits per heavy atom. The monoisotopic (exact) mass is 174 g/mol. The van der Waals surface area contributed by atoms with Crippen molar-refractivity contribution in [3.63, 3.8) is 0 Å². The Hall–Kier alpha value is -0.120. The van der Waals surface area contributed by atoms with Gasteiger partial charge in [0.15, 0.2) is 0 Å². The van der Waals surface area contributed by atoms with Gasteiger partial charge < -0.3 is 14.9 Å². The van der Waals surface area contributed by atoms with Crippen molar-refractivity contribution < 1.29 is 14.9 Å². The summed E-state index contributed by atoms with van der Waals surface area (Å²) in [6.07, 6.45) is 0.906. The van der Waals surface area contributed by atoms with Crippen LogP contribution in [0.5, 0.6) is 0 Å². The molecule has 0 amide bonds. The topological polar surface area (TPSA) is 49.7 Å². The second-order valence-electron chi connectivity index (χ2n) is 3.85. The zero-order valence-electron chi connectivity index (χ0n) is 7.73. The van der Waals surface area contributed by atoms with Crippen molar-refractivity contribution in [1.29, 1.82) is 0 Å². The molecule has 0 spiro atoms. The highest BCUT2D eigenvalue weighted by Gasteiger charge is 2.29. The predicted octanol–water partition coefficient (Wildman–Crippen LogP) is 0.543. The van der Waals surface area contributed by atoms with Crippen LogP contribution in [0.15, 0.2) is 0 Å². The number of aliphatic hydroxyl groups excluding tert-OH is 2. The van der Waals surface area contributed by atoms with Gasteiger partial charge in [-0.15, -0.1) is 0 Å². The zero-order chi connectivity index (χ0) is 9.14. The fourth-order valence-electron chi connectivity index (χ4n) is 1.57. The molecule has 0 aromatic carbocycles. The molecule has 2 N–H and O–H groups in total. The summed E-state index contributed by atoms with van der Waals surface area (Å²) in [7, 11) is 0. The normalized spacial score (nSPS) is 37.2. The van der Waals surface area contributed by atoms with Crippen LogP contribution in [0, 0.1) is 5.92 Å². The van der Waals surface area contributed by atoms with Gasteiger partial charge in [-0.2, -0.15) is 0 Å². The lowest BCUT2D eigenvalue weighted by Gasteiger charge is -2.34.